The van der Waals surface area contributed by atoms with Gasteiger partial charge >= 0.3 is 0 Å². The topological polar surface area (TPSA) is 38.5 Å². The molecule has 0 saturated heterocycles. The van der Waals surface area contributed by atoms with E-state index in [4.69, 9.17) is 10.5 Å². The average molecular weight is 260 g/mol. The van der Waals surface area contributed by atoms with Crippen molar-refractivity contribution in [1.29, 1.82) is 0 Å². The third kappa shape index (κ3) is 3.88. The van der Waals surface area contributed by atoms with E-state index < -0.39 is 0 Å². The Hall–Kier alpha value is -2.23. The second-order valence-corrected chi connectivity index (χ2v) is 4.32. The Kier molecular flexibility index (Phi) is 4.23. The largest absolute Gasteiger partial charge is 0.492 e. The Balaban J connectivity index is 1.82. The molecule has 0 aliphatic carbocycles. The minimum Gasteiger partial charge on any atom is -0.492 e. The molecule has 0 amide bonds. The lowest BCUT2D eigenvalue weighted by Crippen LogP contribution is -2.23. The summed E-state index contributed by atoms with van der Waals surface area (Å²) < 4.78 is 18.3. The molecule has 0 saturated carbocycles. The van der Waals surface area contributed by atoms with Crippen LogP contribution in [0.2, 0.25) is 0 Å². The Morgan fingerprint density at radius 3 is 2.32 bits per heavy atom. The number of likely N-dealkylation sites (N-methyl/N-ethyl adjacent to an activating group) is 1. The Morgan fingerprint density at radius 2 is 1.68 bits per heavy atom. The van der Waals surface area contributed by atoms with Gasteiger partial charge in [0, 0.05) is 18.4 Å². The number of hydrogen-bond acceptors (Lipinski definition) is 3. The van der Waals surface area contributed by atoms with Gasteiger partial charge in [-0.25, -0.2) is 4.39 Å². The van der Waals surface area contributed by atoms with Crippen LogP contribution in [0.4, 0.5) is 15.8 Å². The van der Waals surface area contributed by atoms with Gasteiger partial charge in [0.2, 0.25) is 0 Å². The van der Waals surface area contributed by atoms with Crippen LogP contribution in [0, 0.1) is 5.82 Å². The molecule has 2 N–H and O–H groups in total. The maximum absolute atomic E-state index is 12.7. The van der Waals surface area contributed by atoms with E-state index >= 15 is 0 Å². The summed E-state index contributed by atoms with van der Waals surface area (Å²) in [5.41, 5.74) is 7.47. The molecule has 0 spiro atoms. The molecule has 19 heavy (non-hydrogen) atoms. The standard InChI is InChI=1S/C15H17FN2O/c1-18(14-6-4-13(17)5-7-14)10-11-19-15-8-2-12(16)3-9-15/h2-9H,10-11,17H2,1H3. The lowest BCUT2D eigenvalue weighted by Gasteiger charge is -2.19. The molecule has 0 atom stereocenters. The van der Waals surface area contributed by atoms with Crippen molar-refractivity contribution in [3.8, 4) is 5.75 Å². The normalized spacial score (nSPS) is 10.2. The van der Waals surface area contributed by atoms with Crippen molar-refractivity contribution in [2.45, 2.75) is 0 Å². The average Bonchev–Trinajstić information content (AvgIpc) is 2.41. The molecule has 3 nitrogen and oxygen atoms in total. The number of nitrogens with two attached hydrogens (primary N) is 1. The van der Waals surface area contributed by atoms with E-state index in [0.717, 1.165) is 17.9 Å². The monoisotopic (exact) mass is 260 g/mol. The van der Waals surface area contributed by atoms with Gasteiger partial charge < -0.3 is 15.4 Å². The van der Waals surface area contributed by atoms with Crippen molar-refractivity contribution < 1.29 is 9.13 Å². The highest BCUT2D eigenvalue weighted by Gasteiger charge is 2.01. The van der Waals surface area contributed by atoms with E-state index in [1.54, 1.807) is 12.1 Å². The molecule has 2 aromatic carbocycles. The lowest BCUT2D eigenvalue weighted by molar-refractivity contribution is 0.325. The van der Waals surface area contributed by atoms with E-state index in [1.807, 2.05) is 31.3 Å². The molecule has 2 aromatic rings. The lowest BCUT2D eigenvalue weighted by atomic mass is 10.2. The Bertz CT molecular complexity index is 511. The fourth-order valence-electron chi connectivity index (χ4n) is 1.69. The minimum absolute atomic E-state index is 0.258. The highest BCUT2D eigenvalue weighted by Crippen LogP contribution is 2.15. The highest BCUT2D eigenvalue weighted by molar-refractivity contribution is 5.52. The summed E-state index contributed by atoms with van der Waals surface area (Å²) in [6.45, 7) is 1.27. The predicted molar refractivity (Wildman–Crippen MR) is 76.0 cm³/mol. The molecular weight excluding hydrogens is 243 g/mol. The van der Waals surface area contributed by atoms with Crippen molar-refractivity contribution in [3.63, 3.8) is 0 Å². The first-order chi connectivity index (χ1) is 9.15. The number of anilines is 2. The summed E-state index contributed by atoms with van der Waals surface area (Å²) in [7, 11) is 1.99. The number of nitrogens with zero attached hydrogens (tertiary/aromatic N) is 1. The fraction of sp³-hybridized carbons (Fsp3) is 0.200. The molecule has 2 rings (SSSR count). The summed E-state index contributed by atoms with van der Waals surface area (Å²) >= 11 is 0. The number of hydrogen-bond donors (Lipinski definition) is 1. The van der Waals surface area contributed by atoms with Gasteiger partial charge in [0.05, 0.1) is 6.54 Å². The van der Waals surface area contributed by atoms with E-state index in [2.05, 4.69) is 4.90 Å². The second kappa shape index (κ2) is 6.09. The summed E-state index contributed by atoms with van der Waals surface area (Å²) in [6.07, 6.45) is 0. The van der Waals surface area contributed by atoms with Crippen LogP contribution in [0.25, 0.3) is 0 Å². The van der Waals surface area contributed by atoms with Crippen LogP contribution in [0.3, 0.4) is 0 Å². The number of rotatable bonds is 5. The molecule has 0 aliphatic rings. The van der Waals surface area contributed by atoms with Crippen LogP contribution in [0.5, 0.6) is 5.75 Å². The molecule has 0 aromatic heterocycles. The third-order valence-corrected chi connectivity index (χ3v) is 2.84. The van der Waals surface area contributed by atoms with Gasteiger partial charge in [-0.3, -0.25) is 0 Å². The van der Waals surface area contributed by atoms with Crippen LogP contribution in [0.1, 0.15) is 0 Å². The zero-order chi connectivity index (χ0) is 13.7. The predicted octanol–water partition coefficient (Wildman–Crippen LogP) is 2.92. The van der Waals surface area contributed by atoms with Crippen molar-refractivity contribution in [2.24, 2.45) is 0 Å². The second-order valence-electron chi connectivity index (χ2n) is 4.32. The molecule has 0 aliphatic heterocycles. The first-order valence-electron chi connectivity index (χ1n) is 6.10. The summed E-state index contributed by atoms with van der Waals surface area (Å²) in [5, 5.41) is 0. The van der Waals surface area contributed by atoms with Crippen LogP contribution < -0.4 is 15.4 Å². The van der Waals surface area contributed by atoms with Crippen molar-refractivity contribution in [3.05, 3.63) is 54.3 Å². The van der Waals surface area contributed by atoms with Gasteiger partial charge in [-0.05, 0) is 48.5 Å². The fourth-order valence-corrected chi connectivity index (χ4v) is 1.69. The van der Waals surface area contributed by atoms with Gasteiger partial charge in [-0.2, -0.15) is 0 Å². The minimum atomic E-state index is -0.258. The molecule has 0 radical (unpaired) electrons. The van der Waals surface area contributed by atoms with E-state index in [1.165, 1.54) is 12.1 Å². The Labute approximate surface area is 112 Å². The van der Waals surface area contributed by atoms with Gasteiger partial charge in [0.25, 0.3) is 0 Å². The molecule has 100 valence electrons. The number of benzene rings is 2. The van der Waals surface area contributed by atoms with Gasteiger partial charge in [0.1, 0.15) is 18.2 Å². The Morgan fingerprint density at radius 1 is 1.05 bits per heavy atom. The van der Waals surface area contributed by atoms with Crippen LogP contribution >= 0.6 is 0 Å². The maximum Gasteiger partial charge on any atom is 0.123 e. The molecular formula is C15H17FN2O. The van der Waals surface area contributed by atoms with E-state index in [9.17, 15) is 4.39 Å². The maximum atomic E-state index is 12.7. The highest BCUT2D eigenvalue weighted by atomic mass is 19.1. The quantitative estimate of drug-likeness (QED) is 0.840. The molecule has 0 bridgehead atoms. The molecule has 4 heteroatoms. The van der Waals surface area contributed by atoms with Crippen molar-refractivity contribution in [2.75, 3.05) is 30.8 Å². The SMILES string of the molecule is CN(CCOc1ccc(F)cc1)c1ccc(N)cc1. The number of halogens is 1. The molecule has 0 heterocycles. The number of nitrogen functional groups attached to an aromatic ring is 1. The zero-order valence-corrected chi connectivity index (χ0v) is 10.8. The first kappa shape index (κ1) is 13.2. The van der Waals surface area contributed by atoms with Crippen LogP contribution in [0.15, 0.2) is 48.5 Å². The summed E-state index contributed by atoms with van der Waals surface area (Å²) in [6, 6.07) is 13.7. The van der Waals surface area contributed by atoms with E-state index in [0.29, 0.717) is 12.4 Å². The smallest absolute Gasteiger partial charge is 0.123 e. The van der Waals surface area contributed by atoms with Crippen molar-refractivity contribution in [1.82, 2.24) is 0 Å². The van der Waals surface area contributed by atoms with Gasteiger partial charge in [0.15, 0.2) is 0 Å². The zero-order valence-electron chi connectivity index (χ0n) is 10.8. The molecule has 0 unspecified atom stereocenters. The van der Waals surface area contributed by atoms with Gasteiger partial charge in [-0.15, -0.1) is 0 Å². The summed E-state index contributed by atoms with van der Waals surface area (Å²) in [5.74, 6) is 0.415. The van der Waals surface area contributed by atoms with E-state index in [-0.39, 0.29) is 5.82 Å². The third-order valence-electron chi connectivity index (χ3n) is 2.84. The first-order valence-corrected chi connectivity index (χ1v) is 6.10. The molecule has 0 fully saturated rings. The summed E-state index contributed by atoms with van der Waals surface area (Å²) in [4.78, 5) is 2.07. The van der Waals surface area contributed by atoms with Gasteiger partial charge in [-0.1, -0.05) is 0 Å². The van der Waals surface area contributed by atoms with Crippen LogP contribution in [-0.2, 0) is 0 Å². The number of ether oxygens (including phenoxy) is 1. The van der Waals surface area contributed by atoms with Crippen LogP contribution in [-0.4, -0.2) is 20.2 Å². The van der Waals surface area contributed by atoms with Crippen molar-refractivity contribution >= 4 is 11.4 Å².